The summed E-state index contributed by atoms with van der Waals surface area (Å²) >= 11 is 0. The molecule has 3 aromatic rings. The summed E-state index contributed by atoms with van der Waals surface area (Å²) in [6.45, 7) is 0. The van der Waals surface area contributed by atoms with Gasteiger partial charge < -0.3 is 4.74 Å². The van der Waals surface area contributed by atoms with Crippen LogP contribution in [0.5, 0.6) is 5.88 Å². The Morgan fingerprint density at radius 1 is 1.25 bits per heavy atom. The first-order chi connectivity index (χ1) is 9.70. The lowest BCUT2D eigenvalue weighted by atomic mass is 10.3. The fraction of sp³-hybridized carbons (Fsp3) is 0.0769. The number of hydrogen-bond donors (Lipinski definition) is 0. The monoisotopic (exact) mass is 270 g/mol. The van der Waals surface area contributed by atoms with Crippen molar-refractivity contribution >= 4 is 16.7 Å². The molecule has 7 nitrogen and oxygen atoms in total. The van der Waals surface area contributed by atoms with Crippen molar-refractivity contribution in [2.45, 2.75) is 0 Å². The van der Waals surface area contributed by atoms with Gasteiger partial charge in [0.25, 0.3) is 0 Å². The fourth-order valence-corrected chi connectivity index (χ4v) is 1.99. The summed E-state index contributed by atoms with van der Waals surface area (Å²) in [6.07, 6.45) is 1.51. The van der Waals surface area contributed by atoms with Gasteiger partial charge >= 0.3 is 5.69 Å². The Kier molecular flexibility index (Phi) is 2.79. The predicted molar refractivity (Wildman–Crippen MR) is 72.1 cm³/mol. The molecule has 0 atom stereocenters. The number of hydrogen-bond acceptors (Lipinski definition) is 5. The van der Waals surface area contributed by atoms with E-state index in [1.807, 2.05) is 24.3 Å². The Labute approximate surface area is 113 Å². The minimum atomic E-state index is -0.476. The summed E-state index contributed by atoms with van der Waals surface area (Å²) in [4.78, 5) is 19.0. The zero-order valence-electron chi connectivity index (χ0n) is 10.6. The highest BCUT2D eigenvalue weighted by molar-refractivity contribution is 5.77. The van der Waals surface area contributed by atoms with Crippen molar-refractivity contribution in [2.24, 2.45) is 0 Å². The van der Waals surface area contributed by atoms with E-state index in [4.69, 9.17) is 4.74 Å². The third kappa shape index (κ3) is 1.85. The molecule has 3 rings (SSSR count). The zero-order chi connectivity index (χ0) is 14.1. The molecule has 2 heterocycles. The minimum absolute atomic E-state index is 0.103. The quantitative estimate of drug-likeness (QED) is 0.538. The lowest BCUT2D eigenvalue weighted by Crippen LogP contribution is -2.03. The molecular weight excluding hydrogens is 260 g/mol. The molecule has 0 saturated carbocycles. The number of nitro groups is 1. The lowest BCUT2D eigenvalue weighted by molar-refractivity contribution is -0.384. The summed E-state index contributed by atoms with van der Waals surface area (Å²) < 4.78 is 6.61. The normalized spacial score (nSPS) is 10.7. The fourth-order valence-electron chi connectivity index (χ4n) is 1.99. The third-order valence-electron chi connectivity index (χ3n) is 2.92. The predicted octanol–water partition coefficient (Wildman–Crippen LogP) is 2.34. The van der Waals surface area contributed by atoms with Crippen molar-refractivity contribution in [3.05, 3.63) is 52.8 Å². The Morgan fingerprint density at radius 3 is 2.80 bits per heavy atom. The second-order valence-corrected chi connectivity index (χ2v) is 4.06. The van der Waals surface area contributed by atoms with Crippen LogP contribution in [0.25, 0.3) is 16.9 Å². The number of ether oxygens (including phenoxy) is 1. The molecule has 0 aliphatic rings. The van der Waals surface area contributed by atoms with Crippen LogP contribution in [0.1, 0.15) is 0 Å². The zero-order valence-corrected chi connectivity index (χ0v) is 10.6. The SMILES string of the molecule is COc1ccc([N+](=O)[O-])c(-n2cnc3ccccc32)n1. The van der Waals surface area contributed by atoms with Crippen LogP contribution in [-0.4, -0.2) is 26.6 Å². The molecule has 0 spiro atoms. The maximum atomic E-state index is 11.1. The molecule has 0 aliphatic carbocycles. The van der Waals surface area contributed by atoms with Gasteiger partial charge in [-0.25, -0.2) is 4.98 Å². The first kappa shape index (κ1) is 12.1. The molecule has 1 aromatic carbocycles. The molecule has 0 unspecified atom stereocenters. The number of methoxy groups -OCH3 is 1. The molecule has 0 aliphatic heterocycles. The Bertz CT molecular complexity index is 797. The Balaban J connectivity index is 2.29. The number of fused-ring (bicyclic) bond motifs is 1. The van der Waals surface area contributed by atoms with Crippen LogP contribution in [0.3, 0.4) is 0 Å². The standard InChI is InChI=1S/C13H10N4O3/c1-20-12-7-6-11(17(18)19)13(15-12)16-8-14-9-4-2-3-5-10(9)16/h2-8H,1H3. The van der Waals surface area contributed by atoms with E-state index in [1.54, 1.807) is 4.57 Å². The summed E-state index contributed by atoms with van der Waals surface area (Å²) in [5.74, 6) is 0.492. The van der Waals surface area contributed by atoms with Gasteiger partial charge in [0.15, 0.2) is 0 Å². The molecule has 0 bridgehead atoms. The average molecular weight is 270 g/mol. The molecule has 100 valence electrons. The van der Waals surface area contributed by atoms with E-state index in [2.05, 4.69) is 9.97 Å². The first-order valence-electron chi connectivity index (χ1n) is 5.82. The highest BCUT2D eigenvalue weighted by Gasteiger charge is 2.19. The van der Waals surface area contributed by atoms with Crippen LogP contribution >= 0.6 is 0 Å². The van der Waals surface area contributed by atoms with E-state index < -0.39 is 4.92 Å². The maximum Gasteiger partial charge on any atom is 0.312 e. The van der Waals surface area contributed by atoms with Crippen LogP contribution < -0.4 is 4.74 Å². The maximum absolute atomic E-state index is 11.1. The summed E-state index contributed by atoms with van der Waals surface area (Å²) in [5, 5.41) is 11.1. The van der Waals surface area contributed by atoms with Gasteiger partial charge in [0.1, 0.15) is 6.33 Å². The Hall–Kier alpha value is -2.96. The molecule has 2 aromatic heterocycles. The van der Waals surface area contributed by atoms with Crippen molar-refractivity contribution in [3.63, 3.8) is 0 Å². The van der Waals surface area contributed by atoms with E-state index >= 15 is 0 Å². The van der Waals surface area contributed by atoms with Crippen LogP contribution in [0, 0.1) is 10.1 Å². The number of imidazole rings is 1. The van der Waals surface area contributed by atoms with Gasteiger partial charge in [-0.2, -0.15) is 4.98 Å². The number of rotatable bonds is 3. The third-order valence-corrected chi connectivity index (χ3v) is 2.92. The van der Waals surface area contributed by atoms with Gasteiger partial charge in [-0.1, -0.05) is 12.1 Å². The number of aromatic nitrogens is 3. The van der Waals surface area contributed by atoms with E-state index in [1.165, 1.54) is 25.6 Å². The minimum Gasteiger partial charge on any atom is -0.481 e. The first-order valence-corrected chi connectivity index (χ1v) is 5.82. The second kappa shape index (κ2) is 4.61. The molecule has 0 N–H and O–H groups in total. The average Bonchev–Trinajstić information content (AvgIpc) is 2.90. The van der Waals surface area contributed by atoms with E-state index in [9.17, 15) is 10.1 Å². The van der Waals surface area contributed by atoms with Crippen molar-refractivity contribution in [3.8, 4) is 11.7 Å². The highest BCUT2D eigenvalue weighted by Crippen LogP contribution is 2.26. The highest BCUT2D eigenvalue weighted by atomic mass is 16.6. The lowest BCUT2D eigenvalue weighted by Gasteiger charge is -2.06. The van der Waals surface area contributed by atoms with Gasteiger partial charge in [0.2, 0.25) is 11.7 Å². The summed E-state index contributed by atoms with van der Waals surface area (Å²) in [6, 6.07) is 10.2. The van der Waals surface area contributed by atoms with Crippen molar-refractivity contribution in [2.75, 3.05) is 7.11 Å². The number of pyridine rings is 1. The van der Waals surface area contributed by atoms with E-state index in [-0.39, 0.29) is 11.5 Å². The van der Waals surface area contributed by atoms with Crippen LogP contribution in [0.2, 0.25) is 0 Å². The molecular formula is C13H10N4O3. The molecule has 0 amide bonds. The van der Waals surface area contributed by atoms with E-state index in [0.29, 0.717) is 5.88 Å². The molecule has 0 radical (unpaired) electrons. The number of benzene rings is 1. The van der Waals surface area contributed by atoms with Crippen molar-refractivity contribution < 1.29 is 9.66 Å². The van der Waals surface area contributed by atoms with Gasteiger partial charge in [-0.15, -0.1) is 0 Å². The van der Waals surface area contributed by atoms with Crippen molar-refractivity contribution in [1.29, 1.82) is 0 Å². The van der Waals surface area contributed by atoms with Crippen LogP contribution in [0.15, 0.2) is 42.7 Å². The van der Waals surface area contributed by atoms with Crippen LogP contribution in [0.4, 0.5) is 5.69 Å². The molecule has 0 saturated heterocycles. The van der Waals surface area contributed by atoms with Crippen LogP contribution in [-0.2, 0) is 0 Å². The van der Waals surface area contributed by atoms with Gasteiger partial charge in [-0.3, -0.25) is 14.7 Å². The largest absolute Gasteiger partial charge is 0.481 e. The summed E-state index contributed by atoms with van der Waals surface area (Å²) in [5.41, 5.74) is 1.39. The smallest absolute Gasteiger partial charge is 0.312 e. The van der Waals surface area contributed by atoms with Gasteiger partial charge in [0.05, 0.1) is 23.1 Å². The van der Waals surface area contributed by atoms with Gasteiger partial charge in [0, 0.05) is 12.1 Å². The van der Waals surface area contributed by atoms with Gasteiger partial charge in [-0.05, 0) is 12.1 Å². The Morgan fingerprint density at radius 2 is 2.05 bits per heavy atom. The topological polar surface area (TPSA) is 83.1 Å². The van der Waals surface area contributed by atoms with Crippen molar-refractivity contribution in [1.82, 2.24) is 14.5 Å². The van der Waals surface area contributed by atoms with E-state index in [0.717, 1.165) is 11.0 Å². The molecule has 7 heteroatoms. The molecule has 20 heavy (non-hydrogen) atoms. The summed E-state index contributed by atoms with van der Waals surface area (Å²) in [7, 11) is 1.46. The molecule has 0 fully saturated rings. The number of nitrogens with zero attached hydrogens (tertiary/aromatic N) is 4. The number of para-hydroxylation sites is 2. The second-order valence-electron chi connectivity index (χ2n) is 4.06.